The SMILES string of the molecule is CC(C)(C)OC(=O)NCCC(=O)Nc1cccc(NC(=O)Cc2ccc(Br)cc2)c1. The van der Waals surface area contributed by atoms with Crippen LogP contribution in [0, 0.1) is 0 Å². The normalized spacial score (nSPS) is 10.8. The molecule has 0 aliphatic carbocycles. The van der Waals surface area contributed by atoms with Crippen LogP contribution in [0.2, 0.25) is 0 Å². The standard InChI is InChI=1S/C22H26BrN3O4/c1-22(2,3)30-21(29)24-12-11-19(27)25-17-5-4-6-18(14-17)26-20(28)13-15-7-9-16(23)10-8-15/h4-10,14H,11-13H2,1-3H3,(H,24,29)(H,25,27)(H,26,28). The zero-order chi connectivity index (χ0) is 22.1. The van der Waals surface area contributed by atoms with E-state index in [-0.39, 0.29) is 31.2 Å². The molecular weight excluding hydrogens is 450 g/mol. The number of nitrogens with one attached hydrogen (secondary N) is 3. The van der Waals surface area contributed by atoms with Crippen molar-refractivity contribution >= 4 is 45.2 Å². The first kappa shape index (κ1) is 23.4. The van der Waals surface area contributed by atoms with Crippen LogP contribution in [0.1, 0.15) is 32.8 Å². The monoisotopic (exact) mass is 475 g/mol. The Balaban J connectivity index is 1.80. The maximum absolute atomic E-state index is 12.2. The molecule has 7 nitrogen and oxygen atoms in total. The molecule has 0 saturated heterocycles. The fraction of sp³-hybridized carbons (Fsp3) is 0.318. The lowest BCUT2D eigenvalue weighted by molar-refractivity contribution is -0.116. The summed E-state index contributed by atoms with van der Waals surface area (Å²) < 4.78 is 6.07. The van der Waals surface area contributed by atoms with Gasteiger partial charge in [-0.25, -0.2) is 4.79 Å². The van der Waals surface area contributed by atoms with Crippen molar-refractivity contribution in [2.24, 2.45) is 0 Å². The maximum atomic E-state index is 12.2. The summed E-state index contributed by atoms with van der Waals surface area (Å²) in [5.41, 5.74) is 1.45. The quantitative estimate of drug-likeness (QED) is 0.549. The molecule has 0 heterocycles. The number of benzene rings is 2. The minimum absolute atomic E-state index is 0.0966. The first-order valence-corrected chi connectivity index (χ1v) is 10.3. The predicted octanol–water partition coefficient (Wildman–Crippen LogP) is 4.48. The van der Waals surface area contributed by atoms with Gasteiger partial charge in [-0.3, -0.25) is 9.59 Å². The van der Waals surface area contributed by atoms with Gasteiger partial charge in [0.2, 0.25) is 11.8 Å². The largest absolute Gasteiger partial charge is 0.444 e. The average molecular weight is 476 g/mol. The second kappa shape index (κ2) is 10.8. The van der Waals surface area contributed by atoms with Gasteiger partial charge in [0.1, 0.15) is 5.60 Å². The number of hydrogen-bond donors (Lipinski definition) is 3. The Morgan fingerprint density at radius 2 is 1.53 bits per heavy atom. The smallest absolute Gasteiger partial charge is 0.407 e. The lowest BCUT2D eigenvalue weighted by atomic mass is 10.1. The summed E-state index contributed by atoms with van der Waals surface area (Å²) in [6.07, 6.45) is -0.217. The highest BCUT2D eigenvalue weighted by Crippen LogP contribution is 2.16. The summed E-state index contributed by atoms with van der Waals surface area (Å²) in [5.74, 6) is -0.410. The molecule has 0 unspecified atom stereocenters. The van der Waals surface area contributed by atoms with Gasteiger partial charge < -0.3 is 20.7 Å². The zero-order valence-electron chi connectivity index (χ0n) is 17.3. The third-order valence-electron chi connectivity index (χ3n) is 3.73. The molecule has 0 atom stereocenters. The first-order valence-electron chi connectivity index (χ1n) is 9.52. The molecule has 0 aromatic heterocycles. The van der Waals surface area contributed by atoms with E-state index < -0.39 is 11.7 Å². The van der Waals surface area contributed by atoms with Crippen molar-refractivity contribution in [3.8, 4) is 0 Å². The number of amides is 3. The van der Waals surface area contributed by atoms with E-state index in [1.54, 1.807) is 45.0 Å². The minimum Gasteiger partial charge on any atom is -0.444 e. The zero-order valence-corrected chi connectivity index (χ0v) is 18.8. The van der Waals surface area contributed by atoms with Crippen LogP contribution in [-0.4, -0.2) is 30.1 Å². The number of anilines is 2. The lowest BCUT2D eigenvalue weighted by Crippen LogP contribution is -2.34. The minimum atomic E-state index is -0.589. The van der Waals surface area contributed by atoms with Crippen molar-refractivity contribution < 1.29 is 19.1 Å². The van der Waals surface area contributed by atoms with E-state index >= 15 is 0 Å². The Morgan fingerprint density at radius 1 is 0.933 bits per heavy atom. The van der Waals surface area contributed by atoms with Crippen molar-refractivity contribution in [2.45, 2.75) is 39.2 Å². The first-order chi connectivity index (χ1) is 14.1. The third kappa shape index (κ3) is 9.09. The van der Waals surface area contributed by atoms with Gasteiger partial charge in [-0.15, -0.1) is 0 Å². The molecular formula is C22H26BrN3O4. The molecule has 2 rings (SSSR count). The highest BCUT2D eigenvalue weighted by atomic mass is 79.9. The highest BCUT2D eigenvalue weighted by molar-refractivity contribution is 9.10. The Bertz CT molecular complexity index is 892. The number of rotatable bonds is 7. The van der Waals surface area contributed by atoms with Crippen LogP contribution in [0.5, 0.6) is 0 Å². The van der Waals surface area contributed by atoms with E-state index in [0.717, 1.165) is 10.0 Å². The summed E-state index contributed by atoms with van der Waals surface area (Å²) in [6, 6.07) is 14.4. The van der Waals surface area contributed by atoms with E-state index in [4.69, 9.17) is 4.74 Å². The maximum Gasteiger partial charge on any atom is 0.407 e. The predicted molar refractivity (Wildman–Crippen MR) is 120 cm³/mol. The molecule has 160 valence electrons. The molecule has 0 aliphatic heterocycles. The summed E-state index contributed by atoms with van der Waals surface area (Å²) in [7, 11) is 0. The molecule has 0 fully saturated rings. The lowest BCUT2D eigenvalue weighted by Gasteiger charge is -2.19. The van der Waals surface area contributed by atoms with Crippen LogP contribution in [0.3, 0.4) is 0 Å². The molecule has 30 heavy (non-hydrogen) atoms. The van der Waals surface area contributed by atoms with Crippen molar-refractivity contribution in [3.05, 3.63) is 58.6 Å². The Kier molecular flexibility index (Phi) is 8.41. The fourth-order valence-electron chi connectivity index (χ4n) is 2.48. The second-order valence-corrected chi connectivity index (χ2v) is 8.57. The number of carbonyl (C=O) groups is 3. The molecule has 3 amide bonds. The Morgan fingerprint density at radius 3 is 2.13 bits per heavy atom. The van der Waals surface area contributed by atoms with Crippen molar-refractivity contribution in [1.29, 1.82) is 0 Å². The Labute approximate surface area is 184 Å². The van der Waals surface area contributed by atoms with Crippen molar-refractivity contribution in [1.82, 2.24) is 5.32 Å². The number of carbonyl (C=O) groups excluding carboxylic acids is 3. The van der Waals surface area contributed by atoms with E-state index in [1.807, 2.05) is 24.3 Å². The molecule has 2 aromatic rings. The van der Waals surface area contributed by atoms with E-state index in [2.05, 4.69) is 31.9 Å². The third-order valence-corrected chi connectivity index (χ3v) is 4.26. The van der Waals surface area contributed by atoms with Crippen molar-refractivity contribution in [2.75, 3.05) is 17.2 Å². The summed E-state index contributed by atoms with van der Waals surface area (Å²) >= 11 is 3.37. The van der Waals surface area contributed by atoms with Gasteiger partial charge in [0.05, 0.1) is 6.42 Å². The van der Waals surface area contributed by atoms with Gasteiger partial charge in [0, 0.05) is 28.8 Å². The number of hydrogen-bond acceptors (Lipinski definition) is 4. The van der Waals surface area contributed by atoms with E-state index in [0.29, 0.717) is 11.4 Å². The van der Waals surface area contributed by atoms with Crippen LogP contribution >= 0.6 is 15.9 Å². The molecule has 0 radical (unpaired) electrons. The van der Waals surface area contributed by atoms with Crippen LogP contribution in [0.4, 0.5) is 16.2 Å². The van der Waals surface area contributed by atoms with Gasteiger partial charge in [0.15, 0.2) is 0 Å². The number of ether oxygens (including phenoxy) is 1. The van der Waals surface area contributed by atoms with Crippen LogP contribution in [0.15, 0.2) is 53.0 Å². The number of alkyl carbamates (subject to hydrolysis) is 1. The molecule has 0 saturated carbocycles. The second-order valence-electron chi connectivity index (χ2n) is 7.66. The van der Waals surface area contributed by atoms with Crippen LogP contribution in [-0.2, 0) is 20.7 Å². The average Bonchev–Trinajstić information content (AvgIpc) is 2.62. The van der Waals surface area contributed by atoms with Crippen LogP contribution < -0.4 is 16.0 Å². The molecule has 0 aliphatic rings. The highest BCUT2D eigenvalue weighted by Gasteiger charge is 2.16. The fourth-order valence-corrected chi connectivity index (χ4v) is 2.75. The van der Waals surface area contributed by atoms with Crippen LogP contribution in [0.25, 0.3) is 0 Å². The summed E-state index contributed by atoms with van der Waals surface area (Å²) in [6.45, 7) is 5.46. The molecule has 3 N–H and O–H groups in total. The van der Waals surface area contributed by atoms with Crippen molar-refractivity contribution in [3.63, 3.8) is 0 Å². The molecule has 0 spiro atoms. The van der Waals surface area contributed by atoms with Gasteiger partial charge in [-0.05, 0) is 56.7 Å². The van der Waals surface area contributed by atoms with E-state index in [1.165, 1.54) is 0 Å². The molecule has 2 aromatic carbocycles. The van der Waals surface area contributed by atoms with Gasteiger partial charge in [-0.1, -0.05) is 34.1 Å². The molecule has 0 bridgehead atoms. The van der Waals surface area contributed by atoms with Gasteiger partial charge >= 0.3 is 6.09 Å². The topological polar surface area (TPSA) is 96.5 Å². The number of halogens is 1. The summed E-state index contributed by atoms with van der Waals surface area (Å²) in [4.78, 5) is 35.9. The van der Waals surface area contributed by atoms with E-state index in [9.17, 15) is 14.4 Å². The Hall–Kier alpha value is -2.87. The molecule has 8 heteroatoms. The van der Waals surface area contributed by atoms with Gasteiger partial charge in [-0.2, -0.15) is 0 Å². The summed E-state index contributed by atoms with van der Waals surface area (Å²) in [5, 5.41) is 8.11. The van der Waals surface area contributed by atoms with Gasteiger partial charge in [0.25, 0.3) is 0 Å².